The Morgan fingerprint density at radius 3 is 0.613 bits per heavy atom. The summed E-state index contributed by atoms with van der Waals surface area (Å²) in [5.41, 5.74) is 0. The van der Waals surface area contributed by atoms with Gasteiger partial charge in [0.05, 0.1) is 26.4 Å². The minimum Gasteiger partial charge on any atom is -0.462 e. The first-order chi connectivity index (χ1) is 53.7. The van der Waals surface area contributed by atoms with E-state index in [0.717, 1.165) is 108 Å². The van der Waals surface area contributed by atoms with E-state index in [2.05, 4.69) is 48.5 Å². The third-order valence-electron chi connectivity index (χ3n) is 21.6. The summed E-state index contributed by atoms with van der Waals surface area (Å²) in [5.74, 6) is 0.210. The molecule has 5 atom stereocenters. The summed E-state index contributed by atoms with van der Waals surface area (Å²) in [6.45, 7) is 12.0. The highest BCUT2D eigenvalue weighted by atomic mass is 31.2. The third-order valence-corrected chi connectivity index (χ3v) is 23.5. The van der Waals surface area contributed by atoms with Crippen LogP contribution >= 0.6 is 15.6 Å². The average molecular weight is 1620 g/mol. The third kappa shape index (κ3) is 85.8. The topological polar surface area (TPSA) is 237 Å². The van der Waals surface area contributed by atoms with Crippen LogP contribution < -0.4 is 0 Å². The second kappa shape index (κ2) is 81.8. The molecule has 0 fully saturated rings. The molecule has 0 aromatic carbocycles. The summed E-state index contributed by atoms with van der Waals surface area (Å²) in [7, 11) is -9.94. The molecule has 0 heterocycles. The largest absolute Gasteiger partial charge is 0.472 e. The number of carbonyl (C=O) groups is 4. The van der Waals surface area contributed by atoms with Crippen molar-refractivity contribution in [2.24, 2.45) is 17.8 Å². The van der Waals surface area contributed by atoms with Crippen LogP contribution in [0, 0.1) is 17.8 Å². The lowest BCUT2D eigenvalue weighted by molar-refractivity contribution is -0.161. The van der Waals surface area contributed by atoms with Gasteiger partial charge in [0.1, 0.15) is 19.3 Å². The molecule has 111 heavy (non-hydrogen) atoms. The van der Waals surface area contributed by atoms with E-state index in [1.807, 2.05) is 0 Å². The number of phosphoric ester groups is 2. The standard InChI is InChI=1S/C92H180O17P2/c1-8-9-10-11-12-13-14-15-16-17-18-19-20-21-26-32-37-42-47-52-61-68-75-91(96)108-87(79-102-89(94)73-66-59-51-46-41-36-31-25-23-22-24-29-34-39-44-49-56-63-70-83(2)3)81-106-110(98,99)104-77-86(93)78-105-111(100,101)107-82-88(80-103-90(95)74-67-60-55-54-58-65-72-85(6)7)109-92(97)76-69-62-53-48-43-38-33-28-27-30-35-40-45-50-57-64-71-84(4)5/h83-88,93H,8-82H2,1-7H3,(H,98,99)(H,100,101)/t86-,87-,88-/m1/s1. The lowest BCUT2D eigenvalue weighted by atomic mass is 10.0. The molecule has 0 aliphatic rings. The van der Waals surface area contributed by atoms with Crippen LogP contribution in [-0.2, 0) is 65.4 Å². The minimum atomic E-state index is -4.97. The summed E-state index contributed by atoms with van der Waals surface area (Å²) < 4.78 is 69.0. The molecular weight excluding hydrogens is 1440 g/mol. The maximum absolute atomic E-state index is 13.2. The molecule has 0 aromatic heterocycles. The highest BCUT2D eigenvalue weighted by molar-refractivity contribution is 7.47. The molecule has 0 aliphatic carbocycles. The first kappa shape index (κ1) is 109. The van der Waals surface area contributed by atoms with Crippen LogP contribution in [0.4, 0.5) is 0 Å². The molecule has 19 heteroatoms. The van der Waals surface area contributed by atoms with Crippen LogP contribution in [-0.4, -0.2) is 96.7 Å². The monoisotopic (exact) mass is 1620 g/mol. The van der Waals surface area contributed by atoms with E-state index in [9.17, 15) is 43.2 Å². The fraction of sp³-hybridized carbons (Fsp3) is 0.957. The van der Waals surface area contributed by atoms with Crippen molar-refractivity contribution in [3.8, 4) is 0 Å². The van der Waals surface area contributed by atoms with Gasteiger partial charge in [-0.2, -0.15) is 0 Å². The van der Waals surface area contributed by atoms with Gasteiger partial charge in [-0.15, -0.1) is 0 Å². The Morgan fingerprint density at radius 1 is 0.243 bits per heavy atom. The van der Waals surface area contributed by atoms with Crippen LogP contribution in [0.3, 0.4) is 0 Å². The zero-order chi connectivity index (χ0) is 81.5. The van der Waals surface area contributed by atoms with Crippen molar-refractivity contribution >= 4 is 39.5 Å². The fourth-order valence-corrected chi connectivity index (χ4v) is 16.0. The highest BCUT2D eigenvalue weighted by Gasteiger charge is 2.31. The molecule has 660 valence electrons. The van der Waals surface area contributed by atoms with Crippen molar-refractivity contribution in [2.45, 2.75) is 510 Å². The van der Waals surface area contributed by atoms with Gasteiger partial charge in [-0.3, -0.25) is 37.3 Å². The van der Waals surface area contributed by atoms with E-state index in [1.165, 1.54) is 295 Å². The van der Waals surface area contributed by atoms with E-state index >= 15 is 0 Å². The van der Waals surface area contributed by atoms with Crippen molar-refractivity contribution in [1.29, 1.82) is 0 Å². The maximum atomic E-state index is 13.2. The Balaban J connectivity index is 5.19. The number of hydrogen-bond donors (Lipinski definition) is 3. The van der Waals surface area contributed by atoms with Crippen molar-refractivity contribution in [3.63, 3.8) is 0 Å². The van der Waals surface area contributed by atoms with Gasteiger partial charge in [0, 0.05) is 25.7 Å². The second-order valence-electron chi connectivity index (χ2n) is 34.5. The molecule has 0 aliphatic heterocycles. The first-order valence-corrected chi connectivity index (χ1v) is 50.3. The maximum Gasteiger partial charge on any atom is 0.472 e. The van der Waals surface area contributed by atoms with Gasteiger partial charge in [0.2, 0.25) is 0 Å². The molecule has 0 spiro atoms. The quantitative estimate of drug-likeness (QED) is 0.0222. The van der Waals surface area contributed by atoms with E-state index in [0.29, 0.717) is 31.6 Å². The minimum absolute atomic E-state index is 0.107. The summed E-state index contributed by atoms with van der Waals surface area (Å²) in [6, 6.07) is 0. The molecule has 0 saturated carbocycles. The first-order valence-electron chi connectivity index (χ1n) is 47.3. The Hall–Kier alpha value is -1.94. The summed E-state index contributed by atoms with van der Waals surface area (Å²) in [5, 5.41) is 10.7. The van der Waals surface area contributed by atoms with Gasteiger partial charge in [-0.05, 0) is 43.4 Å². The number of aliphatic hydroxyl groups excluding tert-OH is 1. The number of ether oxygens (including phenoxy) is 4. The van der Waals surface area contributed by atoms with Crippen molar-refractivity contribution in [3.05, 3.63) is 0 Å². The molecule has 0 bridgehead atoms. The second-order valence-corrected chi connectivity index (χ2v) is 37.4. The number of unbranched alkanes of at least 4 members (excludes halogenated alkanes) is 58. The molecule has 17 nitrogen and oxygen atoms in total. The normalized spacial score (nSPS) is 13.8. The molecular formula is C92H180O17P2. The van der Waals surface area contributed by atoms with Gasteiger partial charge in [-0.1, -0.05) is 440 Å². The molecule has 0 aromatic rings. The van der Waals surface area contributed by atoms with E-state index < -0.39 is 97.5 Å². The van der Waals surface area contributed by atoms with Crippen molar-refractivity contribution < 1.29 is 80.2 Å². The Kier molecular flexibility index (Phi) is 80.4. The van der Waals surface area contributed by atoms with Crippen molar-refractivity contribution in [2.75, 3.05) is 39.6 Å². The summed E-state index contributed by atoms with van der Waals surface area (Å²) in [6.07, 6.45) is 75.4. The fourth-order valence-electron chi connectivity index (χ4n) is 14.4. The summed E-state index contributed by atoms with van der Waals surface area (Å²) >= 11 is 0. The highest BCUT2D eigenvalue weighted by Crippen LogP contribution is 2.45. The van der Waals surface area contributed by atoms with Crippen LogP contribution in [0.25, 0.3) is 0 Å². The zero-order valence-electron chi connectivity index (χ0n) is 73.4. The Labute approximate surface area is 683 Å². The predicted octanol–water partition coefficient (Wildman–Crippen LogP) is 28.4. The Bertz CT molecular complexity index is 2130. The predicted molar refractivity (Wildman–Crippen MR) is 460 cm³/mol. The van der Waals surface area contributed by atoms with Gasteiger partial charge in [-0.25, -0.2) is 9.13 Å². The van der Waals surface area contributed by atoms with Gasteiger partial charge in [0.25, 0.3) is 0 Å². The SMILES string of the molecule is CCCCCCCCCCCCCCCCCCCCCCCCC(=O)O[C@H](COC(=O)CCCCCCCCCCCCCCCCCCCCC(C)C)COP(=O)(O)OC[C@@H](O)COP(=O)(O)OC[C@@H](COC(=O)CCCCCCCCC(C)C)OC(=O)CCCCCCCCCCCCCCCCCCC(C)C. The van der Waals surface area contributed by atoms with Crippen LogP contribution in [0.2, 0.25) is 0 Å². The molecule has 0 amide bonds. The molecule has 3 N–H and O–H groups in total. The molecule has 0 saturated heterocycles. The number of rotatable bonds is 90. The van der Waals surface area contributed by atoms with E-state index in [-0.39, 0.29) is 25.7 Å². The van der Waals surface area contributed by atoms with E-state index in [4.69, 9.17) is 37.0 Å². The lowest BCUT2D eigenvalue weighted by Crippen LogP contribution is -2.30. The van der Waals surface area contributed by atoms with Crippen LogP contribution in [0.1, 0.15) is 492 Å². The van der Waals surface area contributed by atoms with Crippen LogP contribution in [0.5, 0.6) is 0 Å². The van der Waals surface area contributed by atoms with Crippen LogP contribution in [0.15, 0.2) is 0 Å². The zero-order valence-corrected chi connectivity index (χ0v) is 75.2. The summed E-state index contributed by atoms with van der Waals surface area (Å²) in [4.78, 5) is 73.4. The number of hydrogen-bond acceptors (Lipinski definition) is 15. The van der Waals surface area contributed by atoms with Gasteiger partial charge >= 0.3 is 39.5 Å². The van der Waals surface area contributed by atoms with Crippen molar-refractivity contribution in [1.82, 2.24) is 0 Å². The molecule has 2 unspecified atom stereocenters. The average Bonchev–Trinajstić information content (AvgIpc) is 0.910. The number of carbonyl (C=O) groups excluding carboxylic acids is 4. The smallest absolute Gasteiger partial charge is 0.462 e. The number of phosphoric acid groups is 2. The molecule has 0 rings (SSSR count). The number of esters is 4. The lowest BCUT2D eigenvalue weighted by Gasteiger charge is -2.21. The number of aliphatic hydroxyl groups is 1. The van der Waals surface area contributed by atoms with Gasteiger partial charge in [0.15, 0.2) is 12.2 Å². The molecule has 0 radical (unpaired) electrons. The van der Waals surface area contributed by atoms with Gasteiger partial charge < -0.3 is 33.8 Å². The van der Waals surface area contributed by atoms with E-state index in [1.54, 1.807) is 0 Å². The Morgan fingerprint density at radius 2 is 0.414 bits per heavy atom.